The molecule has 0 amide bonds. The van der Waals surface area contributed by atoms with Gasteiger partial charge in [0.15, 0.2) is 5.96 Å². The molecule has 2 saturated carbocycles. The average Bonchev–Trinajstić information content (AvgIpc) is 3.38. The molecule has 6 heteroatoms. The van der Waals surface area contributed by atoms with Crippen molar-refractivity contribution >= 4 is 29.9 Å². The van der Waals surface area contributed by atoms with Crippen molar-refractivity contribution in [3.63, 3.8) is 0 Å². The second-order valence-corrected chi connectivity index (χ2v) is 8.34. The van der Waals surface area contributed by atoms with Crippen molar-refractivity contribution in [2.45, 2.75) is 51.4 Å². The number of aromatic nitrogens is 2. The lowest BCUT2D eigenvalue weighted by Crippen LogP contribution is -2.40. The fourth-order valence-electron chi connectivity index (χ4n) is 5.37. The highest BCUT2D eigenvalue weighted by atomic mass is 127. The van der Waals surface area contributed by atoms with Gasteiger partial charge in [0.25, 0.3) is 0 Å². The van der Waals surface area contributed by atoms with Crippen LogP contribution in [0.2, 0.25) is 0 Å². The lowest BCUT2D eigenvalue weighted by molar-refractivity contribution is 0.318. The smallest absolute Gasteiger partial charge is 0.193 e. The minimum Gasteiger partial charge on any atom is -0.357 e. The summed E-state index contributed by atoms with van der Waals surface area (Å²) in [5, 5.41) is 7.85. The van der Waals surface area contributed by atoms with Gasteiger partial charge in [0, 0.05) is 45.3 Å². The predicted molar refractivity (Wildman–Crippen MR) is 117 cm³/mol. The predicted octanol–water partition coefficient (Wildman–Crippen LogP) is 3.62. The molecule has 1 aliphatic heterocycles. The van der Waals surface area contributed by atoms with Crippen LogP contribution in [0.15, 0.2) is 17.4 Å². The summed E-state index contributed by atoms with van der Waals surface area (Å²) in [6, 6.07) is 0. The number of hydrogen-bond acceptors (Lipinski definition) is 2. The van der Waals surface area contributed by atoms with Crippen molar-refractivity contribution < 1.29 is 0 Å². The van der Waals surface area contributed by atoms with Crippen LogP contribution in [0.3, 0.4) is 0 Å². The zero-order chi connectivity index (χ0) is 17.2. The summed E-state index contributed by atoms with van der Waals surface area (Å²) in [6.45, 7) is 6.26. The van der Waals surface area contributed by atoms with Crippen LogP contribution in [0.1, 0.15) is 56.9 Å². The van der Waals surface area contributed by atoms with Gasteiger partial charge in [0.2, 0.25) is 0 Å². The van der Waals surface area contributed by atoms with Gasteiger partial charge in [-0.2, -0.15) is 5.10 Å². The van der Waals surface area contributed by atoms with Crippen LogP contribution in [0.5, 0.6) is 0 Å². The number of aryl methyl sites for hydroxylation is 1. The number of guanidine groups is 1. The van der Waals surface area contributed by atoms with E-state index in [-0.39, 0.29) is 24.0 Å². The number of nitrogens with zero attached hydrogens (tertiary/aromatic N) is 4. The number of hydrogen-bond donors (Lipinski definition) is 1. The summed E-state index contributed by atoms with van der Waals surface area (Å²) >= 11 is 0. The van der Waals surface area contributed by atoms with Crippen LogP contribution in [-0.2, 0) is 7.05 Å². The van der Waals surface area contributed by atoms with E-state index in [1.165, 1.54) is 44.1 Å². The third-order valence-corrected chi connectivity index (χ3v) is 6.66. The van der Waals surface area contributed by atoms with E-state index in [2.05, 4.69) is 28.4 Å². The molecule has 2 bridgehead atoms. The first-order valence-electron chi connectivity index (χ1n) is 10.2. The van der Waals surface area contributed by atoms with Crippen molar-refractivity contribution in [1.82, 2.24) is 20.0 Å². The summed E-state index contributed by atoms with van der Waals surface area (Å²) in [5.74, 6) is 4.72. The van der Waals surface area contributed by atoms with Gasteiger partial charge >= 0.3 is 0 Å². The van der Waals surface area contributed by atoms with Crippen LogP contribution in [0, 0.1) is 17.8 Å². The van der Waals surface area contributed by atoms with E-state index in [9.17, 15) is 0 Å². The number of fused-ring (bicyclic) bond motifs is 2. The van der Waals surface area contributed by atoms with Crippen molar-refractivity contribution in [1.29, 1.82) is 0 Å². The Labute approximate surface area is 175 Å². The Balaban J connectivity index is 0.00000196. The normalized spacial score (nSPS) is 30.7. The minimum atomic E-state index is 0. The van der Waals surface area contributed by atoms with E-state index in [4.69, 9.17) is 4.99 Å². The molecule has 2 aliphatic carbocycles. The summed E-state index contributed by atoms with van der Waals surface area (Å²) in [6.07, 6.45) is 12.6. The Kier molecular flexibility index (Phi) is 6.86. The molecular weight excluding hydrogens is 437 g/mol. The SMILES string of the molecule is CCNC(=NCCC1CC2CCC1C2)N1CCC(c2cnn(C)c2)C1.I. The van der Waals surface area contributed by atoms with E-state index >= 15 is 0 Å². The summed E-state index contributed by atoms with van der Waals surface area (Å²) < 4.78 is 1.91. The maximum atomic E-state index is 4.99. The highest BCUT2D eigenvalue weighted by Gasteiger charge is 2.38. The monoisotopic (exact) mass is 471 g/mol. The minimum absolute atomic E-state index is 0. The lowest BCUT2D eigenvalue weighted by atomic mass is 9.86. The fraction of sp³-hybridized carbons (Fsp3) is 0.800. The molecule has 2 heterocycles. The molecule has 1 saturated heterocycles. The maximum absolute atomic E-state index is 4.99. The Hall–Kier alpha value is -0.790. The van der Waals surface area contributed by atoms with Crippen LogP contribution >= 0.6 is 24.0 Å². The zero-order valence-corrected chi connectivity index (χ0v) is 18.6. The molecule has 3 aliphatic rings. The maximum Gasteiger partial charge on any atom is 0.193 e. The van der Waals surface area contributed by atoms with Crippen molar-refractivity contribution in [3.8, 4) is 0 Å². The Morgan fingerprint density at radius 3 is 2.85 bits per heavy atom. The lowest BCUT2D eigenvalue weighted by Gasteiger charge is -2.23. The number of rotatable bonds is 5. The Bertz CT molecular complexity index is 613. The standard InChI is InChI=1S/C20H33N5.HI/c1-3-21-20(22-8-6-17-11-15-4-5-16(17)10-15)25-9-7-18(14-25)19-12-23-24(2)13-19;/h12-13,15-18H,3-11,14H2,1-2H3,(H,21,22);1H. The Morgan fingerprint density at radius 1 is 1.31 bits per heavy atom. The molecule has 4 rings (SSSR count). The second-order valence-electron chi connectivity index (χ2n) is 8.34. The zero-order valence-electron chi connectivity index (χ0n) is 16.2. The second kappa shape index (κ2) is 8.93. The van der Waals surface area contributed by atoms with E-state index in [0.717, 1.165) is 49.9 Å². The van der Waals surface area contributed by atoms with Crippen molar-refractivity contribution in [2.24, 2.45) is 29.8 Å². The quantitative estimate of drug-likeness (QED) is 0.406. The average molecular weight is 471 g/mol. The fourth-order valence-corrected chi connectivity index (χ4v) is 5.37. The number of halogens is 1. The van der Waals surface area contributed by atoms with Crippen molar-refractivity contribution in [2.75, 3.05) is 26.2 Å². The number of aliphatic imine (C=N–C) groups is 1. The highest BCUT2D eigenvalue weighted by Crippen LogP contribution is 2.49. The van der Waals surface area contributed by atoms with Crippen LogP contribution in [0.25, 0.3) is 0 Å². The molecule has 4 unspecified atom stereocenters. The van der Waals surface area contributed by atoms with E-state index in [0.29, 0.717) is 5.92 Å². The molecule has 4 atom stereocenters. The molecule has 3 fully saturated rings. The summed E-state index contributed by atoms with van der Waals surface area (Å²) in [7, 11) is 2.00. The third kappa shape index (κ3) is 4.37. The van der Waals surface area contributed by atoms with Gasteiger partial charge in [0.1, 0.15) is 0 Å². The Morgan fingerprint density at radius 2 is 2.19 bits per heavy atom. The van der Waals surface area contributed by atoms with Crippen LogP contribution in [0.4, 0.5) is 0 Å². The van der Waals surface area contributed by atoms with Gasteiger partial charge in [-0.3, -0.25) is 9.67 Å². The van der Waals surface area contributed by atoms with Gasteiger partial charge < -0.3 is 10.2 Å². The van der Waals surface area contributed by atoms with Gasteiger partial charge in [-0.25, -0.2) is 0 Å². The van der Waals surface area contributed by atoms with Gasteiger partial charge in [0.05, 0.1) is 6.20 Å². The van der Waals surface area contributed by atoms with Crippen molar-refractivity contribution in [3.05, 3.63) is 18.0 Å². The van der Waals surface area contributed by atoms with E-state index in [1.807, 2.05) is 17.9 Å². The first-order chi connectivity index (χ1) is 12.2. The highest BCUT2D eigenvalue weighted by molar-refractivity contribution is 14.0. The molecule has 1 aromatic rings. The molecule has 0 spiro atoms. The molecule has 5 nitrogen and oxygen atoms in total. The first-order valence-corrected chi connectivity index (χ1v) is 10.2. The van der Waals surface area contributed by atoms with Gasteiger partial charge in [-0.1, -0.05) is 6.42 Å². The van der Waals surface area contributed by atoms with E-state index < -0.39 is 0 Å². The third-order valence-electron chi connectivity index (χ3n) is 6.66. The molecule has 146 valence electrons. The van der Waals surface area contributed by atoms with Gasteiger partial charge in [-0.15, -0.1) is 24.0 Å². The molecule has 26 heavy (non-hydrogen) atoms. The molecular formula is C20H34IN5. The summed E-state index contributed by atoms with van der Waals surface area (Å²) in [5.41, 5.74) is 1.36. The van der Waals surface area contributed by atoms with Crippen LogP contribution in [-0.4, -0.2) is 46.8 Å². The van der Waals surface area contributed by atoms with E-state index in [1.54, 1.807) is 0 Å². The largest absolute Gasteiger partial charge is 0.357 e. The molecule has 0 aromatic carbocycles. The van der Waals surface area contributed by atoms with Crippen LogP contribution < -0.4 is 5.32 Å². The number of likely N-dealkylation sites (tertiary alicyclic amines) is 1. The number of nitrogens with one attached hydrogen (secondary N) is 1. The first kappa shape index (κ1) is 20.0. The summed E-state index contributed by atoms with van der Waals surface area (Å²) in [4.78, 5) is 7.43. The molecule has 1 aromatic heterocycles. The molecule has 1 N–H and O–H groups in total. The topological polar surface area (TPSA) is 45.5 Å². The van der Waals surface area contributed by atoms with Gasteiger partial charge in [-0.05, 0) is 62.3 Å². The molecule has 0 radical (unpaired) electrons.